The van der Waals surface area contributed by atoms with Crippen LogP contribution in [0.3, 0.4) is 0 Å². The van der Waals surface area contributed by atoms with Gasteiger partial charge in [0, 0.05) is 38.1 Å². The van der Waals surface area contributed by atoms with Gasteiger partial charge < -0.3 is 14.8 Å². The fourth-order valence-corrected chi connectivity index (χ4v) is 3.60. The van der Waals surface area contributed by atoms with Gasteiger partial charge in [0.2, 0.25) is 0 Å². The zero-order valence-corrected chi connectivity index (χ0v) is 13.6. The lowest BCUT2D eigenvalue weighted by Gasteiger charge is -2.16. The van der Waals surface area contributed by atoms with Crippen LogP contribution in [0, 0.1) is 13.8 Å². The van der Waals surface area contributed by atoms with E-state index in [9.17, 15) is 4.79 Å². The summed E-state index contributed by atoms with van der Waals surface area (Å²) in [6.45, 7) is 8.10. The summed E-state index contributed by atoms with van der Waals surface area (Å²) in [6, 6.07) is 2.35. The molecule has 0 radical (unpaired) electrons. The molecule has 1 amide bonds. The summed E-state index contributed by atoms with van der Waals surface area (Å²) >= 11 is 0. The summed E-state index contributed by atoms with van der Waals surface area (Å²) in [7, 11) is 0. The van der Waals surface area contributed by atoms with Gasteiger partial charge in [-0.15, -0.1) is 0 Å². The Morgan fingerprint density at radius 2 is 2.22 bits per heavy atom. The summed E-state index contributed by atoms with van der Waals surface area (Å²) < 4.78 is 4.14. The molecule has 122 valence electrons. The van der Waals surface area contributed by atoms with Crippen LogP contribution in [0.1, 0.15) is 40.2 Å². The lowest BCUT2D eigenvalue weighted by molar-refractivity contribution is 0.0781. The molecule has 1 saturated heterocycles. The Hall–Kier alpha value is -2.15. The number of likely N-dealkylation sites (tertiary alicyclic amines) is 1. The van der Waals surface area contributed by atoms with Gasteiger partial charge in [0.05, 0.1) is 18.3 Å². The maximum absolute atomic E-state index is 12.7. The van der Waals surface area contributed by atoms with E-state index in [-0.39, 0.29) is 11.9 Å². The van der Waals surface area contributed by atoms with E-state index >= 15 is 0 Å². The van der Waals surface area contributed by atoms with Gasteiger partial charge in [0.15, 0.2) is 0 Å². The smallest absolute Gasteiger partial charge is 0.274 e. The van der Waals surface area contributed by atoms with Crippen molar-refractivity contribution < 1.29 is 4.79 Å². The minimum absolute atomic E-state index is 0.0379. The molecular weight excluding hydrogens is 292 g/mol. The molecule has 2 aliphatic heterocycles. The second kappa shape index (κ2) is 5.49. The summed E-state index contributed by atoms with van der Waals surface area (Å²) in [5, 5.41) is 7.84. The normalized spacial score (nSPS) is 20.8. The number of aryl methyl sites for hydroxylation is 2. The first kappa shape index (κ1) is 14.4. The van der Waals surface area contributed by atoms with Crippen LogP contribution in [0.15, 0.2) is 12.3 Å². The molecule has 2 aromatic rings. The third kappa shape index (κ3) is 2.55. The number of fused-ring (bicyclic) bond motifs is 1. The molecule has 1 N–H and O–H groups in total. The number of carbonyl (C=O) groups is 1. The fraction of sp³-hybridized carbons (Fsp3) is 0.562. The molecule has 0 spiro atoms. The number of rotatable bonds is 2. The van der Waals surface area contributed by atoms with E-state index in [0.29, 0.717) is 12.2 Å². The molecule has 7 heteroatoms. The highest BCUT2D eigenvalue weighted by Gasteiger charge is 2.31. The Balaban J connectivity index is 1.50. The maximum atomic E-state index is 12.7. The quantitative estimate of drug-likeness (QED) is 0.894. The van der Waals surface area contributed by atoms with E-state index < -0.39 is 0 Å². The molecule has 4 heterocycles. The monoisotopic (exact) mass is 314 g/mol. The van der Waals surface area contributed by atoms with Crippen LogP contribution < -0.4 is 5.32 Å². The molecule has 1 unspecified atom stereocenters. The van der Waals surface area contributed by atoms with Crippen molar-refractivity contribution in [3.63, 3.8) is 0 Å². The highest BCUT2D eigenvalue weighted by atomic mass is 16.2. The second-order valence-electron chi connectivity index (χ2n) is 6.48. The van der Waals surface area contributed by atoms with Gasteiger partial charge in [0.25, 0.3) is 5.91 Å². The van der Waals surface area contributed by atoms with Crippen LogP contribution >= 0.6 is 0 Å². The van der Waals surface area contributed by atoms with Crippen LogP contribution in [0.4, 0.5) is 0 Å². The van der Waals surface area contributed by atoms with Gasteiger partial charge >= 0.3 is 0 Å². The van der Waals surface area contributed by atoms with Crippen LogP contribution in [-0.4, -0.2) is 49.8 Å². The van der Waals surface area contributed by atoms with Crippen molar-refractivity contribution in [1.82, 2.24) is 29.5 Å². The van der Waals surface area contributed by atoms with E-state index in [2.05, 4.69) is 37.6 Å². The van der Waals surface area contributed by atoms with Crippen molar-refractivity contribution in [3.05, 3.63) is 35.2 Å². The number of imidazole rings is 1. The summed E-state index contributed by atoms with van der Waals surface area (Å²) in [5.41, 5.74) is 2.75. The van der Waals surface area contributed by atoms with Crippen molar-refractivity contribution in [3.8, 4) is 0 Å². The molecule has 1 fully saturated rings. The lowest BCUT2D eigenvalue weighted by Crippen LogP contribution is -2.29. The summed E-state index contributed by atoms with van der Waals surface area (Å²) in [5.74, 6) is 0.991. The maximum Gasteiger partial charge on any atom is 0.274 e. The van der Waals surface area contributed by atoms with Gasteiger partial charge in [-0.1, -0.05) is 0 Å². The number of hydrogen-bond acceptors (Lipinski definition) is 4. The molecule has 1 atom stereocenters. The molecular formula is C16H22N6O. The van der Waals surface area contributed by atoms with Crippen LogP contribution in [0.5, 0.6) is 0 Å². The number of carbonyl (C=O) groups excluding carboxylic acids is 1. The zero-order chi connectivity index (χ0) is 16.0. The fourth-order valence-electron chi connectivity index (χ4n) is 3.60. The van der Waals surface area contributed by atoms with Gasteiger partial charge in [-0.25, -0.2) is 4.98 Å². The summed E-state index contributed by atoms with van der Waals surface area (Å²) in [4.78, 5) is 19.1. The molecule has 2 aromatic heterocycles. The predicted molar refractivity (Wildman–Crippen MR) is 85.2 cm³/mol. The molecule has 23 heavy (non-hydrogen) atoms. The van der Waals surface area contributed by atoms with Crippen molar-refractivity contribution in [2.75, 3.05) is 19.6 Å². The Kier molecular flexibility index (Phi) is 3.45. The topological polar surface area (TPSA) is 68.0 Å². The molecule has 0 aromatic carbocycles. The van der Waals surface area contributed by atoms with E-state index in [1.165, 1.54) is 0 Å². The van der Waals surface area contributed by atoms with Gasteiger partial charge in [-0.05, 0) is 26.3 Å². The SMILES string of the molecule is Cc1cc(C)n(C2CCN(C(=O)c3cn4c(n3)CNCC4)C2)n1. The largest absolute Gasteiger partial charge is 0.335 e. The standard InChI is InChI=1S/C16H22N6O/c1-11-7-12(2)22(19-11)13-3-5-21(9-13)16(23)14-10-20-6-4-17-8-15(20)18-14/h7,10,13,17H,3-6,8-9H2,1-2H3. The van der Waals surface area contributed by atoms with E-state index in [1.807, 2.05) is 18.0 Å². The predicted octanol–water partition coefficient (Wildman–Crippen LogP) is 0.887. The number of amides is 1. The minimum Gasteiger partial charge on any atom is -0.335 e. The molecule has 0 aliphatic carbocycles. The van der Waals surface area contributed by atoms with Crippen molar-refractivity contribution >= 4 is 5.91 Å². The van der Waals surface area contributed by atoms with Gasteiger partial charge in [-0.3, -0.25) is 9.48 Å². The average Bonchev–Trinajstić information content (AvgIpc) is 3.24. The first-order chi connectivity index (χ1) is 11.1. The first-order valence-electron chi connectivity index (χ1n) is 8.20. The van der Waals surface area contributed by atoms with E-state index in [0.717, 1.165) is 49.8 Å². The first-order valence-corrected chi connectivity index (χ1v) is 8.20. The van der Waals surface area contributed by atoms with Gasteiger partial charge in [0.1, 0.15) is 11.5 Å². The number of nitrogens with zero attached hydrogens (tertiary/aromatic N) is 5. The van der Waals surface area contributed by atoms with E-state index in [4.69, 9.17) is 0 Å². The molecule has 0 bridgehead atoms. The van der Waals surface area contributed by atoms with E-state index in [1.54, 1.807) is 0 Å². The Labute approximate surface area is 135 Å². The minimum atomic E-state index is 0.0379. The number of nitrogens with one attached hydrogen (secondary N) is 1. The molecule has 2 aliphatic rings. The Morgan fingerprint density at radius 1 is 1.35 bits per heavy atom. The number of hydrogen-bond donors (Lipinski definition) is 1. The Morgan fingerprint density at radius 3 is 2.96 bits per heavy atom. The van der Waals surface area contributed by atoms with Crippen molar-refractivity contribution in [2.45, 2.75) is 39.4 Å². The molecule has 4 rings (SSSR count). The van der Waals surface area contributed by atoms with Crippen LogP contribution in [-0.2, 0) is 13.1 Å². The Bertz CT molecular complexity index is 722. The lowest BCUT2D eigenvalue weighted by atomic mass is 10.2. The second-order valence-corrected chi connectivity index (χ2v) is 6.48. The van der Waals surface area contributed by atoms with Crippen LogP contribution in [0.2, 0.25) is 0 Å². The number of aromatic nitrogens is 4. The molecule has 7 nitrogen and oxygen atoms in total. The zero-order valence-electron chi connectivity index (χ0n) is 13.6. The average molecular weight is 314 g/mol. The van der Waals surface area contributed by atoms with Crippen molar-refractivity contribution in [2.24, 2.45) is 0 Å². The van der Waals surface area contributed by atoms with Gasteiger partial charge in [-0.2, -0.15) is 5.10 Å². The summed E-state index contributed by atoms with van der Waals surface area (Å²) in [6.07, 6.45) is 2.85. The third-order valence-corrected chi connectivity index (χ3v) is 4.73. The van der Waals surface area contributed by atoms with Crippen LogP contribution in [0.25, 0.3) is 0 Å². The molecule has 0 saturated carbocycles. The highest BCUT2D eigenvalue weighted by Crippen LogP contribution is 2.24. The third-order valence-electron chi connectivity index (χ3n) is 4.73. The highest BCUT2D eigenvalue weighted by molar-refractivity contribution is 5.92. The van der Waals surface area contributed by atoms with Crippen molar-refractivity contribution in [1.29, 1.82) is 0 Å².